The van der Waals surface area contributed by atoms with E-state index in [4.69, 9.17) is 76.8 Å². The second-order valence-electron chi connectivity index (χ2n) is 26.4. The van der Waals surface area contributed by atoms with Crippen molar-refractivity contribution in [1.29, 1.82) is 32.5 Å². The third-order valence-corrected chi connectivity index (χ3v) is 18.7. The Hall–Kier alpha value is -11.9. The number of nitrogens with zero attached hydrogens (tertiary/aromatic N) is 2. The number of ketones is 1. The van der Waals surface area contributed by atoms with Gasteiger partial charge >= 0.3 is 5.97 Å². The van der Waals surface area contributed by atoms with Crippen LogP contribution in [0.5, 0.6) is 0 Å². The van der Waals surface area contributed by atoms with E-state index in [-0.39, 0.29) is 171 Å². The standard InChI is InChI=1S/C68H104N28O10/c1-6-36-32(2)47-29-51-39(31-97)34(4)46(88-51)28-48-33(3)37(55(90-48)38-27-52(98)54-35(5)49(91-56(38)54)30-50(36)87-47)19-20-53(99)89-40(13-7-21-81-63(69)70)57(100)92-41(14-8-22-82-64(71)72)58(101)93-42(15-9-23-83-65(73)74)59(102)94-43(16-10-24-84-66(75)76)60(103)95-44(17-11-25-85-67(77)78)61(104)96-45(62(105)106)18-12-26-86-68(79)80/h28-31,33,37,40-45,88,91H,6-27H2,1-5H3,(H,89,99)(H,92,100)(H,93,101)(H,94,102)(H,95,103)(H,96,104)(H,105,106)(H4,69,70,81)(H4,71,72,82)(H4,73,74,83)(H4,75,76,84)(H4,77,78,85)(H4,79,80,86)/t33-,37-,40-,41-,42-,43-,44-,45-/m0/s1. The normalized spacial score (nSPS) is 15.2. The van der Waals surface area contributed by atoms with Gasteiger partial charge in [-0.2, -0.15) is 0 Å². The summed E-state index contributed by atoms with van der Waals surface area (Å²) >= 11 is 0. The van der Waals surface area contributed by atoms with Crippen LogP contribution in [0.4, 0.5) is 0 Å². The molecule has 38 heteroatoms. The summed E-state index contributed by atoms with van der Waals surface area (Å²) in [5, 5.41) is 87.7. The molecule has 5 heterocycles. The van der Waals surface area contributed by atoms with Crippen LogP contribution in [-0.2, 0) is 40.0 Å². The van der Waals surface area contributed by atoms with Gasteiger partial charge in [0.25, 0.3) is 0 Å². The predicted molar refractivity (Wildman–Crippen MR) is 401 cm³/mol. The maximum atomic E-state index is 14.9. The molecule has 6 amide bonds. The Bertz CT molecular complexity index is 4050. The number of aromatic nitrogens is 4. The Morgan fingerprint density at radius 1 is 0.538 bits per heavy atom. The minimum absolute atomic E-state index is 0.0222. The first-order valence-electron chi connectivity index (χ1n) is 35.3. The Kier molecular flexibility index (Phi) is 31.1. The molecule has 8 bridgehead atoms. The number of carbonyl (C=O) groups excluding carboxylic acids is 8. The van der Waals surface area contributed by atoms with E-state index >= 15 is 0 Å². The number of aromatic amines is 2. The number of allylic oxidation sites excluding steroid dienone is 2. The number of nitrogens with two attached hydrogens (primary N) is 6. The van der Waals surface area contributed by atoms with Crippen LogP contribution in [-0.4, -0.2) is 190 Å². The van der Waals surface area contributed by atoms with Crippen molar-refractivity contribution < 1.29 is 48.3 Å². The van der Waals surface area contributed by atoms with Crippen molar-refractivity contribution in [3.05, 3.63) is 68.8 Å². The van der Waals surface area contributed by atoms with Crippen LogP contribution in [0, 0.1) is 46.3 Å². The zero-order chi connectivity index (χ0) is 78.1. The number of carboxylic acids is 1. The molecule has 3 aromatic heterocycles. The first kappa shape index (κ1) is 83.1. The summed E-state index contributed by atoms with van der Waals surface area (Å²) in [6.45, 7) is 10.1. The van der Waals surface area contributed by atoms with E-state index in [0.29, 0.717) is 73.5 Å². The summed E-state index contributed by atoms with van der Waals surface area (Å²) < 4.78 is 0. The average molecular weight is 1470 g/mol. The van der Waals surface area contributed by atoms with Gasteiger partial charge in [-0.3, -0.25) is 75.8 Å². The number of hydrogen-bond donors (Lipinski definition) is 27. The highest BCUT2D eigenvalue weighted by atomic mass is 16.4. The van der Waals surface area contributed by atoms with Crippen molar-refractivity contribution in [3.63, 3.8) is 0 Å². The number of carbonyl (C=O) groups is 9. The lowest BCUT2D eigenvalue weighted by Gasteiger charge is -2.28. The fourth-order valence-corrected chi connectivity index (χ4v) is 13.0. The number of hydrogen-bond acceptors (Lipinski definition) is 17. The number of nitrogens with one attached hydrogen (secondary N) is 20. The van der Waals surface area contributed by atoms with Gasteiger partial charge in [-0.15, -0.1) is 0 Å². The van der Waals surface area contributed by atoms with Crippen molar-refractivity contribution in [2.24, 2.45) is 34.4 Å². The molecule has 3 aromatic rings. The van der Waals surface area contributed by atoms with Gasteiger partial charge in [-0.05, 0) is 151 Å². The Morgan fingerprint density at radius 3 is 1.30 bits per heavy atom. The Balaban J connectivity index is 1.30. The summed E-state index contributed by atoms with van der Waals surface area (Å²) in [6, 6.07) is -3.06. The van der Waals surface area contributed by atoms with Crippen molar-refractivity contribution in [2.75, 3.05) is 39.3 Å². The molecule has 0 fully saturated rings. The minimum atomic E-state index is -1.51. The predicted octanol–water partition coefficient (Wildman–Crippen LogP) is -0.936. The molecule has 8 atom stereocenters. The monoisotopic (exact) mass is 1470 g/mol. The summed E-state index contributed by atoms with van der Waals surface area (Å²) in [6.07, 6.45) is 1.38. The molecule has 33 N–H and O–H groups in total. The first-order chi connectivity index (χ1) is 50.3. The third-order valence-electron chi connectivity index (χ3n) is 18.7. The van der Waals surface area contributed by atoms with Crippen molar-refractivity contribution >= 4 is 122 Å². The second kappa shape index (κ2) is 39.7. The quantitative estimate of drug-likeness (QED) is 0.0141. The van der Waals surface area contributed by atoms with Crippen LogP contribution in [0.15, 0.2) is 18.2 Å². The SMILES string of the molecule is CCC1=C(C)c2cc3[nH]c(cc4nc(c5c6[nH]c(cc1n2)c(C)c6C(=O)C5)[C@@H](CCC(=O)N[C@@H](CCCNC(=N)N)C(=O)N[C@@H](CCCNC(=N)N)C(=O)N[C@@H](CCCNC(=N)N)C(=O)N[C@@H](CCCNC(=N)N)C(=O)N[C@@H](CCCNC(=N)N)C(=O)N[C@@H](CCCNC(=N)N)C(=O)O)[C@@H]4C)c(C)c3C=O. The molecule has 0 radical (unpaired) electrons. The van der Waals surface area contributed by atoms with Gasteiger partial charge in [0, 0.05) is 97.4 Å². The summed E-state index contributed by atoms with van der Waals surface area (Å²) in [4.78, 5) is 144. The number of rotatable bonds is 41. The van der Waals surface area contributed by atoms with Gasteiger partial charge in [-0.25, -0.2) is 9.78 Å². The molecule has 0 unspecified atom stereocenters. The lowest BCUT2D eigenvalue weighted by atomic mass is 9.85. The van der Waals surface area contributed by atoms with E-state index in [1.54, 1.807) is 0 Å². The van der Waals surface area contributed by atoms with Crippen molar-refractivity contribution in [1.82, 2.24) is 83.7 Å². The van der Waals surface area contributed by atoms with Crippen LogP contribution in [0.1, 0.15) is 189 Å². The van der Waals surface area contributed by atoms with Crippen LogP contribution in [0.3, 0.4) is 0 Å². The third kappa shape index (κ3) is 23.8. The highest BCUT2D eigenvalue weighted by molar-refractivity contribution is 6.13. The van der Waals surface area contributed by atoms with Gasteiger partial charge in [-0.1, -0.05) is 13.8 Å². The zero-order valence-electron chi connectivity index (χ0n) is 60.5. The molecule has 0 saturated heterocycles. The molecule has 576 valence electrons. The van der Waals surface area contributed by atoms with Gasteiger partial charge in [0.1, 0.15) is 36.3 Å². The van der Waals surface area contributed by atoms with Crippen LogP contribution in [0.2, 0.25) is 0 Å². The lowest BCUT2D eigenvalue weighted by molar-refractivity contribution is -0.142. The number of Topliss-reactive ketones (excluding diaryl/α,β-unsaturated/α-hetero) is 1. The fourth-order valence-electron chi connectivity index (χ4n) is 13.0. The molecule has 2 aliphatic heterocycles. The number of fused-ring (bicyclic) bond motifs is 8. The van der Waals surface area contributed by atoms with Crippen molar-refractivity contribution in [3.8, 4) is 0 Å². The van der Waals surface area contributed by atoms with E-state index < -0.39 is 95.5 Å². The van der Waals surface area contributed by atoms with E-state index in [2.05, 4.69) is 73.8 Å². The second-order valence-corrected chi connectivity index (χ2v) is 26.4. The van der Waals surface area contributed by atoms with Gasteiger partial charge in [0.15, 0.2) is 47.8 Å². The molecular formula is C68H104N28O10. The van der Waals surface area contributed by atoms with E-state index in [0.717, 1.165) is 23.0 Å². The molecule has 3 aliphatic rings. The van der Waals surface area contributed by atoms with Crippen LogP contribution in [0.25, 0.3) is 33.2 Å². The maximum Gasteiger partial charge on any atom is 0.326 e. The topological polar surface area (TPSA) is 675 Å². The van der Waals surface area contributed by atoms with Gasteiger partial charge < -0.3 is 113 Å². The van der Waals surface area contributed by atoms with E-state index in [1.807, 2.05) is 52.8 Å². The Morgan fingerprint density at radius 2 is 0.915 bits per heavy atom. The number of H-pyrrole nitrogens is 2. The van der Waals surface area contributed by atoms with E-state index in [1.165, 1.54) is 0 Å². The van der Waals surface area contributed by atoms with E-state index in [9.17, 15) is 48.3 Å². The zero-order valence-corrected chi connectivity index (χ0v) is 60.5. The Labute approximate surface area is 612 Å². The molecule has 106 heavy (non-hydrogen) atoms. The summed E-state index contributed by atoms with van der Waals surface area (Å²) in [7, 11) is 0. The lowest BCUT2D eigenvalue weighted by Crippen LogP contribution is -2.59. The largest absolute Gasteiger partial charge is 0.480 e. The highest BCUT2D eigenvalue weighted by Gasteiger charge is 2.38. The van der Waals surface area contributed by atoms with Gasteiger partial charge in [0.2, 0.25) is 35.4 Å². The molecule has 1 aliphatic carbocycles. The molecule has 6 rings (SSSR count). The maximum absolute atomic E-state index is 14.9. The highest BCUT2D eigenvalue weighted by Crippen LogP contribution is 2.44. The van der Waals surface area contributed by atoms with Gasteiger partial charge in [0.05, 0.1) is 28.1 Å². The fraction of sp³-hybridized carbons (Fsp3) is 0.515. The average Bonchev–Trinajstić information content (AvgIpc) is 1.58. The number of aldehydes is 1. The number of aryl methyl sites for hydroxylation is 2. The number of aliphatic carboxylic acids is 1. The minimum Gasteiger partial charge on any atom is -0.480 e. The molecule has 38 nitrogen and oxygen atoms in total. The number of amides is 6. The van der Waals surface area contributed by atoms with Crippen molar-refractivity contribution in [2.45, 2.75) is 185 Å². The summed E-state index contributed by atoms with van der Waals surface area (Å²) in [5.74, 6) is -9.70. The van der Waals surface area contributed by atoms with Crippen LogP contribution >= 0.6 is 0 Å². The smallest absolute Gasteiger partial charge is 0.326 e. The number of guanidine groups is 6. The first-order valence-corrected chi connectivity index (χ1v) is 35.3. The molecular weight excluding hydrogens is 1370 g/mol. The summed E-state index contributed by atoms with van der Waals surface area (Å²) in [5.41, 5.74) is 43.3. The number of carboxylic acid groups (broad SMARTS) is 1. The molecule has 0 spiro atoms. The van der Waals surface area contributed by atoms with Crippen LogP contribution < -0.4 is 98.2 Å². The molecule has 0 aromatic carbocycles. The molecule has 0 saturated carbocycles.